The summed E-state index contributed by atoms with van der Waals surface area (Å²) in [5, 5.41) is 10.5. The SMILES string of the molecule is Cc1nc(N2CCC3(CC2)Cc2ccccc2C3N)n2c(CO)cnc2c1Sc1ccnc(N)c1Cl. The van der Waals surface area contributed by atoms with Gasteiger partial charge >= 0.3 is 0 Å². The molecule has 2 aliphatic rings. The molecule has 1 unspecified atom stereocenters. The van der Waals surface area contributed by atoms with Gasteiger partial charge < -0.3 is 21.5 Å². The molecule has 1 saturated heterocycles. The highest BCUT2D eigenvalue weighted by molar-refractivity contribution is 7.99. The van der Waals surface area contributed by atoms with Gasteiger partial charge in [0.15, 0.2) is 5.65 Å². The van der Waals surface area contributed by atoms with Crippen molar-refractivity contribution in [2.75, 3.05) is 23.7 Å². The van der Waals surface area contributed by atoms with Crippen LogP contribution in [0.3, 0.4) is 0 Å². The lowest BCUT2D eigenvalue weighted by Gasteiger charge is -2.42. The summed E-state index contributed by atoms with van der Waals surface area (Å²) in [6, 6.07) is 10.5. The highest BCUT2D eigenvalue weighted by Gasteiger charge is 2.46. The van der Waals surface area contributed by atoms with Crippen molar-refractivity contribution in [2.24, 2.45) is 11.1 Å². The topological polar surface area (TPSA) is 119 Å². The van der Waals surface area contributed by atoms with Gasteiger partial charge in [-0.3, -0.25) is 4.40 Å². The number of rotatable bonds is 4. The number of aryl methyl sites for hydroxylation is 1. The maximum Gasteiger partial charge on any atom is 0.211 e. The maximum absolute atomic E-state index is 10.1. The van der Waals surface area contributed by atoms with Gasteiger partial charge in [0.1, 0.15) is 5.82 Å². The van der Waals surface area contributed by atoms with E-state index in [2.05, 4.69) is 39.1 Å². The molecular formula is C26H28ClN7OS. The van der Waals surface area contributed by atoms with E-state index in [-0.39, 0.29) is 23.9 Å². The molecule has 1 aromatic carbocycles. The second-order valence-corrected chi connectivity index (χ2v) is 11.1. The second kappa shape index (κ2) is 8.92. The van der Waals surface area contributed by atoms with Crippen LogP contribution in [0, 0.1) is 12.3 Å². The number of piperidine rings is 1. The van der Waals surface area contributed by atoms with Crippen LogP contribution >= 0.6 is 23.4 Å². The first kappa shape index (κ1) is 23.5. The fourth-order valence-corrected chi connectivity index (χ4v) is 6.91. The molecule has 1 aliphatic heterocycles. The third-order valence-corrected chi connectivity index (χ3v) is 9.48. The molecule has 4 heterocycles. The van der Waals surface area contributed by atoms with Crippen LogP contribution in [0.1, 0.15) is 41.4 Å². The predicted molar refractivity (Wildman–Crippen MR) is 142 cm³/mol. The molecule has 0 saturated carbocycles. The number of nitrogens with two attached hydrogens (primary N) is 2. The first-order chi connectivity index (χ1) is 17.4. The summed E-state index contributed by atoms with van der Waals surface area (Å²) >= 11 is 7.88. The van der Waals surface area contributed by atoms with Crippen molar-refractivity contribution in [1.82, 2.24) is 19.4 Å². The zero-order chi connectivity index (χ0) is 25.0. The van der Waals surface area contributed by atoms with E-state index in [0.717, 1.165) is 59.4 Å². The Hall–Kier alpha value is -2.85. The van der Waals surface area contributed by atoms with E-state index < -0.39 is 0 Å². The molecular weight excluding hydrogens is 494 g/mol. The fraction of sp³-hybridized carbons (Fsp3) is 0.346. The highest BCUT2D eigenvalue weighted by Crippen LogP contribution is 2.51. The van der Waals surface area contributed by atoms with Gasteiger partial charge in [-0.25, -0.2) is 15.0 Å². The van der Waals surface area contributed by atoms with Crippen LogP contribution in [0.2, 0.25) is 5.02 Å². The summed E-state index contributed by atoms with van der Waals surface area (Å²) in [6.45, 7) is 3.52. The number of aromatic nitrogens is 4. The van der Waals surface area contributed by atoms with Gasteiger partial charge in [0.25, 0.3) is 0 Å². The van der Waals surface area contributed by atoms with Crippen LogP contribution in [-0.4, -0.2) is 37.5 Å². The largest absolute Gasteiger partial charge is 0.390 e. The minimum Gasteiger partial charge on any atom is -0.390 e. The van der Waals surface area contributed by atoms with E-state index >= 15 is 0 Å². The zero-order valence-electron chi connectivity index (χ0n) is 20.0. The number of aliphatic hydroxyl groups is 1. The Balaban J connectivity index is 1.34. The molecule has 8 nitrogen and oxygen atoms in total. The van der Waals surface area contributed by atoms with Crippen LogP contribution in [-0.2, 0) is 13.0 Å². The third-order valence-electron chi connectivity index (χ3n) is 7.72. The molecule has 10 heteroatoms. The molecule has 186 valence electrons. The Morgan fingerprint density at radius 2 is 1.97 bits per heavy atom. The minimum atomic E-state index is -0.135. The molecule has 4 aromatic rings. The number of hydrogen-bond acceptors (Lipinski definition) is 8. The summed E-state index contributed by atoms with van der Waals surface area (Å²) in [5.74, 6) is 1.08. The first-order valence-corrected chi connectivity index (χ1v) is 13.3. The zero-order valence-corrected chi connectivity index (χ0v) is 21.6. The van der Waals surface area contributed by atoms with E-state index in [0.29, 0.717) is 10.7 Å². The van der Waals surface area contributed by atoms with Crippen LogP contribution in [0.5, 0.6) is 0 Å². The number of pyridine rings is 1. The molecule has 1 aliphatic carbocycles. The normalized spacial score (nSPS) is 18.8. The molecule has 0 radical (unpaired) electrons. The van der Waals surface area contributed by atoms with Crippen molar-refractivity contribution in [3.63, 3.8) is 0 Å². The number of fused-ring (bicyclic) bond motifs is 2. The number of imidazole rings is 1. The minimum absolute atomic E-state index is 0.0585. The van der Waals surface area contributed by atoms with Gasteiger partial charge in [0.2, 0.25) is 5.95 Å². The number of nitrogens with zero attached hydrogens (tertiary/aromatic N) is 5. The summed E-state index contributed by atoms with van der Waals surface area (Å²) in [6.07, 6.45) is 6.34. The summed E-state index contributed by atoms with van der Waals surface area (Å²) < 4.78 is 1.97. The molecule has 1 spiro atoms. The van der Waals surface area contributed by atoms with Crippen molar-refractivity contribution in [3.8, 4) is 0 Å². The van der Waals surface area contributed by atoms with Crippen molar-refractivity contribution in [1.29, 1.82) is 0 Å². The fourth-order valence-electron chi connectivity index (χ4n) is 5.71. The summed E-state index contributed by atoms with van der Waals surface area (Å²) in [5.41, 5.74) is 17.7. The van der Waals surface area contributed by atoms with Crippen molar-refractivity contribution in [3.05, 3.63) is 70.3 Å². The quantitative estimate of drug-likeness (QED) is 0.366. The second-order valence-electron chi connectivity index (χ2n) is 9.71. The van der Waals surface area contributed by atoms with E-state index in [4.69, 9.17) is 28.1 Å². The van der Waals surface area contributed by atoms with Gasteiger partial charge in [-0.15, -0.1) is 0 Å². The standard InChI is InChI=1S/C26H28ClN7OS/c1-15-21(36-19-6-9-30-23(29)20(19)27)24-31-13-17(14-35)34(24)25(32-15)33-10-7-26(8-11-33)12-16-4-2-3-5-18(16)22(26)28/h2-6,9,13,22,35H,7-8,10-12,14,28H2,1H3,(H2,29,30). The van der Waals surface area contributed by atoms with Crippen molar-refractivity contribution >= 4 is 40.8 Å². The maximum atomic E-state index is 10.1. The Bertz CT molecular complexity index is 1460. The molecule has 0 amide bonds. The molecule has 6 rings (SSSR count). The first-order valence-electron chi connectivity index (χ1n) is 12.1. The molecule has 0 bridgehead atoms. The van der Waals surface area contributed by atoms with E-state index in [1.807, 2.05) is 17.4 Å². The Kier molecular flexibility index (Phi) is 5.83. The van der Waals surface area contributed by atoms with Crippen LogP contribution in [0.4, 0.5) is 11.8 Å². The van der Waals surface area contributed by atoms with Gasteiger partial charge in [-0.05, 0) is 48.8 Å². The number of benzene rings is 1. The summed E-state index contributed by atoms with van der Waals surface area (Å²) in [7, 11) is 0. The molecule has 1 fully saturated rings. The number of aliphatic hydroxyl groups excluding tert-OH is 1. The van der Waals surface area contributed by atoms with Gasteiger partial charge in [0.05, 0.1) is 34.1 Å². The number of nitrogen functional groups attached to an aromatic ring is 1. The van der Waals surface area contributed by atoms with Crippen molar-refractivity contribution < 1.29 is 5.11 Å². The van der Waals surface area contributed by atoms with Gasteiger partial charge in [-0.2, -0.15) is 0 Å². The average Bonchev–Trinajstić information content (AvgIpc) is 3.43. The Labute approximate surface area is 218 Å². The predicted octanol–water partition coefficient (Wildman–Crippen LogP) is 4.15. The van der Waals surface area contributed by atoms with Gasteiger partial charge in [0, 0.05) is 30.2 Å². The Morgan fingerprint density at radius 1 is 1.19 bits per heavy atom. The average molecular weight is 522 g/mol. The number of halogens is 1. The molecule has 3 aromatic heterocycles. The smallest absolute Gasteiger partial charge is 0.211 e. The monoisotopic (exact) mass is 521 g/mol. The van der Waals surface area contributed by atoms with Crippen molar-refractivity contribution in [2.45, 2.75) is 48.6 Å². The lowest BCUT2D eigenvalue weighted by Crippen LogP contribution is -2.45. The van der Waals surface area contributed by atoms with E-state index in [9.17, 15) is 5.11 Å². The molecule has 1 atom stereocenters. The molecule has 36 heavy (non-hydrogen) atoms. The van der Waals surface area contributed by atoms with E-state index in [1.165, 1.54) is 22.9 Å². The van der Waals surface area contributed by atoms with Crippen LogP contribution in [0.15, 0.2) is 52.5 Å². The number of anilines is 2. The molecule has 5 N–H and O–H groups in total. The van der Waals surface area contributed by atoms with E-state index in [1.54, 1.807) is 12.4 Å². The lowest BCUT2D eigenvalue weighted by molar-refractivity contribution is 0.186. The van der Waals surface area contributed by atoms with Crippen LogP contribution < -0.4 is 16.4 Å². The third kappa shape index (κ3) is 3.64. The lowest BCUT2D eigenvalue weighted by atomic mass is 9.73. The Morgan fingerprint density at radius 3 is 2.72 bits per heavy atom. The van der Waals surface area contributed by atoms with Gasteiger partial charge in [-0.1, -0.05) is 47.6 Å². The highest BCUT2D eigenvalue weighted by atomic mass is 35.5. The van der Waals surface area contributed by atoms with Crippen LogP contribution in [0.25, 0.3) is 5.65 Å². The number of hydrogen-bond donors (Lipinski definition) is 3. The summed E-state index contributed by atoms with van der Waals surface area (Å²) in [4.78, 5) is 17.7.